The van der Waals surface area contributed by atoms with Gasteiger partial charge in [-0.25, -0.2) is 0 Å². The van der Waals surface area contributed by atoms with Crippen molar-refractivity contribution < 1.29 is 4.74 Å². The molecule has 0 spiro atoms. The molecule has 1 rings (SSSR count). The molecule has 0 aliphatic heterocycles. The molecule has 0 saturated carbocycles. The normalized spacial score (nSPS) is 10.8. The van der Waals surface area contributed by atoms with Crippen LogP contribution in [0.5, 0.6) is 5.75 Å². The monoisotopic (exact) mass is 276 g/mol. The molecular weight excluding hydrogens is 248 g/mol. The van der Waals surface area contributed by atoms with E-state index in [9.17, 15) is 0 Å². The van der Waals surface area contributed by atoms with Gasteiger partial charge in [0.05, 0.1) is 0 Å². The van der Waals surface area contributed by atoms with Crippen LogP contribution in [0, 0.1) is 0 Å². The molecule has 0 radical (unpaired) electrons. The largest absolute Gasteiger partial charge is 0.492 e. The van der Waals surface area contributed by atoms with Crippen molar-refractivity contribution in [3.8, 4) is 5.75 Å². The molecule has 0 bridgehead atoms. The van der Waals surface area contributed by atoms with E-state index in [1.54, 1.807) is 0 Å². The molecule has 0 fully saturated rings. The third kappa shape index (κ3) is 6.73. The Kier molecular flexibility index (Phi) is 8.00. The Hall–Kier alpha value is -1.32. The number of likely N-dealkylation sites (N-methyl/N-ethyl adjacent to an activating group) is 1. The van der Waals surface area contributed by atoms with Crippen LogP contribution >= 0.6 is 0 Å². The van der Waals surface area contributed by atoms with E-state index in [0.29, 0.717) is 6.61 Å². The molecule has 0 heterocycles. The van der Waals surface area contributed by atoms with Gasteiger partial charge >= 0.3 is 0 Å². The van der Waals surface area contributed by atoms with E-state index in [4.69, 9.17) is 4.74 Å². The van der Waals surface area contributed by atoms with Crippen LogP contribution in [0.3, 0.4) is 0 Å². The number of hydrogen-bond donors (Lipinski definition) is 1. The number of rotatable bonds is 10. The van der Waals surface area contributed by atoms with E-state index in [1.807, 2.05) is 12.1 Å². The van der Waals surface area contributed by atoms with Crippen LogP contribution in [0.2, 0.25) is 0 Å². The van der Waals surface area contributed by atoms with Crippen molar-refractivity contribution in [3.63, 3.8) is 0 Å². The van der Waals surface area contributed by atoms with Crippen LogP contribution in [0.1, 0.15) is 26.3 Å². The minimum atomic E-state index is 0.714. The quantitative estimate of drug-likeness (QED) is 0.665. The Morgan fingerprint density at radius 1 is 1.35 bits per heavy atom. The van der Waals surface area contributed by atoms with Gasteiger partial charge in [-0.3, -0.25) is 4.90 Å². The van der Waals surface area contributed by atoms with Gasteiger partial charge in [-0.05, 0) is 37.7 Å². The van der Waals surface area contributed by atoms with Gasteiger partial charge in [-0.2, -0.15) is 0 Å². The summed E-state index contributed by atoms with van der Waals surface area (Å²) in [4.78, 5) is 2.34. The standard InChI is InChI=1S/C17H28N2O/c1-5-18-13-16-8-7-9-17(12-16)20-11-10-19(6-2)14-15(3)4/h7-9,12,18H,3,5-6,10-11,13-14H2,1-2,4H3. The Morgan fingerprint density at radius 2 is 2.15 bits per heavy atom. The first-order valence-electron chi connectivity index (χ1n) is 7.44. The summed E-state index contributed by atoms with van der Waals surface area (Å²) in [5.74, 6) is 0.951. The van der Waals surface area contributed by atoms with E-state index < -0.39 is 0 Å². The van der Waals surface area contributed by atoms with Crippen molar-refractivity contribution in [1.82, 2.24) is 10.2 Å². The second-order valence-corrected chi connectivity index (χ2v) is 5.10. The number of nitrogens with zero attached hydrogens (tertiary/aromatic N) is 1. The molecule has 20 heavy (non-hydrogen) atoms. The van der Waals surface area contributed by atoms with Crippen molar-refractivity contribution in [2.75, 3.05) is 32.8 Å². The zero-order valence-electron chi connectivity index (χ0n) is 13.1. The maximum Gasteiger partial charge on any atom is 0.119 e. The van der Waals surface area contributed by atoms with Gasteiger partial charge in [0.2, 0.25) is 0 Å². The molecule has 0 amide bonds. The van der Waals surface area contributed by atoms with Crippen LogP contribution < -0.4 is 10.1 Å². The fraction of sp³-hybridized carbons (Fsp3) is 0.529. The van der Waals surface area contributed by atoms with Crippen LogP contribution in [0.15, 0.2) is 36.4 Å². The zero-order chi connectivity index (χ0) is 14.8. The first-order valence-corrected chi connectivity index (χ1v) is 7.44. The minimum absolute atomic E-state index is 0.714. The zero-order valence-corrected chi connectivity index (χ0v) is 13.1. The highest BCUT2D eigenvalue weighted by Crippen LogP contribution is 2.13. The van der Waals surface area contributed by atoms with Crippen LogP contribution in [-0.2, 0) is 6.54 Å². The van der Waals surface area contributed by atoms with Crippen molar-refractivity contribution in [3.05, 3.63) is 42.0 Å². The highest BCUT2D eigenvalue weighted by atomic mass is 16.5. The molecule has 0 aliphatic carbocycles. The molecular formula is C17H28N2O. The number of nitrogens with one attached hydrogen (secondary N) is 1. The molecule has 1 aromatic rings. The molecule has 112 valence electrons. The summed E-state index contributed by atoms with van der Waals surface area (Å²) in [6.07, 6.45) is 0. The Morgan fingerprint density at radius 3 is 2.80 bits per heavy atom. The van der Waals surface area contributed by atoms with Crippen LogP contribution in [-0.4, -0.2) is 37.7 Å². The van der Waals surface area contributed by atoms with Gasteiger partial charge in [-0.1, -0.05) is 38.1 Å². The first-order chi connectivity index (χ1) is 9.65. The third-order valence-electron chi connectivity index (χ3n) is 3.09. The summed E-state index contributed by atoms with van der Waals surface area (Å²) in [6.45, 7) is 15.8. The molecule has 1 aromatic carbocycles. The fourth-order valence-corrected chi connectivity index (χ4v) is 2.04. The first kappa shape index (κ1) is 16.7. The van der Waals surface area contributed by atoms with Gasteiger partial charge in [0.15, 0.2) is 0 Å². The highest BCUT2D eigenvalue weighted by molar-refractivity contribution is 5.28. The average molecular weight is 276 g/mol. The van der Waals surface area contributed by atoms with Crippen molar-refractivity contribution in [1.29, 1.82) is 0 Å². The summed E-state index contributed by atoms with van der Waals surface area (Å²) in [6, 6.07) is 8.30. The summed E-state index contributed by atoms with van der Waals surface area (Å²) in [5, 5.41) is 3.32. The Balaban J connectivity index is 2.38. The lowest BCUT2D eigenvalue weighted by molar-refractivity contribution is 0.227. The van der Waals surface area contributed by atoms with E-state index in [1.165, 1.54) is 11.1 Å². The van der Waals surface area contributed by atoms with Gasteiger partial charge in [-0.15, -0.1) is 0 Å². The lowest BCUT2D eigenvalue weighted by Gasteiger charge is -2.20. The van der Waals surface area contributed by atoms with Gasteiger partial charge in [0.1, 0.15) is 12.4 Å². The van der Waals surface area contributed by atoms with Crippen LogP contribution in [0.4, 0.5) is 0 Å². The van der Waals surface area contributed by atoms with Crippen molar-refractivity contribution in [2.45, 2.75) is 27.3 Å². The summed E-state index contributed by atoms with van der Waals surface area (Å²) in [7, 11) is 0. The molecule has 0 aromatic heterocycles. The molecule has 0 unspecified atom stereocenters. The SMILES string of the molecule is C=C(C)CN(CC)CCOc1cccc(CNCC)c1. The summed E-state index contributed by atoms with van der Waals surface area (Å²) >= 11 is 0. The second-order valence-electron chi connectivity index (χ2n) is 5.10. The second kappa shape index (κ2) is 9.56. The number of benzene rings is 1. The highest BCUT2D eigenvalue weighted by Gasteiger charge is 2.03. The number of hydrogen-bond acceptors (Lipinski definition) is 3. The Labute approximate surface area is 123 Å². The molecule has 0 saturated heterocycles. The maximum absolute atomic E-state index is 5.84. The molecule has 0 aliphatic rings. The van der Waals surface area contributed by atoms with E-state index >= 15 is 0 Å². The topological polar surface area (TPSA) is 24.5 Å². The summed E-state index contributed by atoms with van der Waals surface area (Å²) < 4.78 is 5.84. The van der Waals surface area contributed by atoms with Crippen molar-refractivity contribution >= 4 is 0 Å². The third-order valence-corrected chi connectivity index (χ3v) is 3.09. The fourth-order valence-electron chi connectivity index (χ4n) is 2.04. The van der Waals surface area contributed by atoms with Gasteiger partial charge in [0, 0.05) is 19.6 Å². The van der Waals surface area contributed by atoms with Crippen LogP contribution in [0.25, 0.3) is 0 Å². The predicted molar refractivity (Wildman–Crippen MR) is 86.2 cm³/mol. The maximum atomic E-state index is 5.84. The van der Waals surface area contributed by atoms with E-state index in [2.05, 4.69) is 49.7 Å². The van der Waals surface area contributed by atoms with Gasteiger partial charge < -0.3 is 10.1 Å². The molecule has 3 heteroatoms. The lowest BCUT2D eigenvalue weighted by Crippen LogP contribution is -2.29. The molecule has 1 N–H and O–H groups in total. The average Bonchev–Trinajstić information content (AvgIpc) is 2.44. The van der Waals surface area contributed by atoms with Gasteiger partial charge in [0.25, 0.3) is 0 Å². The molecule has 0 atom stereocenters. The van der Waals surface area contributed by atoms with E-state index in [-0.39, 0.29) is 0 Å². The molecule has 3 nitrogen and oxygen atoms in total. The Bertz CT molecular complexity index is 404. The smallest absolute Gasteiger partial charge is 0.119 e. The summed E-state index contributed by atoms with van der Waals surface area (Å²) in [5.41, 5.74) is 2.46. The van der Waals surface area contributed by atoms with E-state index in [0.717, 1.165) is 38.5 Å². The number of ether oxygens (including phenoxy) is 1. The lowest BCUT2D eigenvalue weighted by atomic mass is 10.2. The minimum Gasteiger partial charge on any atom is -0.492 e. The predicted octanol–water partition coefficient (Wildman–Crippen LogP) is 3.07. The van der Waals surface area contributed by atoms with Crippen molar-refractivity contribution in [2.24, 2.45) is 0 Å².